The molecule has 2 nitrogen and oxygen atoms in total. The zero-order chi connectivity index (χ0) is 11.6. The van der Waals surface area contributed by atoms with Gasteiger partial charge >= 0.3 is 6.18 Å². The number of rotatable bonds is 2. The fourth-order valence-corrected chi connectivity index (χ4v) is 1.62. The zero-order valence-electron chi connectivity index (χ0n) is 7.35. The Morgan fingerprint density at radius 1 is 1.27 bits per heavy atom. The molecule has 15 heavy (non-hydrogen) atoms. The molecule has 1 aromatic rings. The smallest absolute Gasteiger partial charge is 0.330 e. The fraction of sp³-hybridized carbons (Fsp3) is 0.375. The van der Waals surface area contributed by atoms with Crippen LogP contribution in [0.2, 0.25) is 10.3 Å². The van der Waals surface area contributed by atoms with Gasteiger partial charge in [-0.25, -0.2) is 4.98 Å². The van der Waals surface area contributed by atoms with Crippen molar-refractivity contribution in [3.63, 3.8) is 0 Å². The quantitative estimate of drug-likeness (QED) is 0.829. The van der Waals surface area contributed by atoms with Crippen molar-refractivity contribution in [1.82, 2.24) is 4.98 Å². The maximum Gasteiger partial charge on any atom is 0.396 e. The largest absolute Gasteiger partial charge is 0.396 e. The van der Waals surface area contributed by atoms with E-state index in [9.17, 15) is 13.2 Å². The average molecular weight is 259 g/mol. The molecular weight excluding hydrogens is 252 g/mol. The van der Waals surface area contributed by atoms with E-state index >= 15 is 0 Å². The number of nitrogens with zero attached hydrogens (tertiary/aromatic N) is 1. The molecule has 0 saturated carbocycles. The lowest BCUT2D eigenvalue weighted by molar-refractivity contribution is -0.148. The summed E-state index contributed by atoms with van der Waals surface area (Å²) in [7, 11) is 0. The van der Waals surface area contributed by atoms with Crippen molar-refractivity contribution in [2.75, 3.05) is 6.54 Å². The van der Waals surface area contributed by atoms with Crippen molar-refractivity contribution < 1.29 is 13.2 Å². The first-order valence-electron chi connectivity index (χ1n) is 3.94. The predicted molar refractivity (Wildman–Crippen MR) is 52.1 cm³/mol. The van der Waals surface area contributed by atoms with Crippen LogP contribution in [0.5, 0.6) is 0 Å². The van der Waals surface area contributed by atoms with Crippen LogP contribution >= 0.6 is 23.2 Å². The highest BCUT2D eigenvalue weighted by Gasteiger charge is 2.39. The second-order valence-electron chi connectivity index (χ2n) is 2.88. The molecule has 0 bridgehead atoms. The zero-order valence-corrected chi connectivity index (χ0v) is 8.87. The van der Waals surface area contributed by atoms with Crippen LogP contribution in [0, 0.1) is 0 Å². The first-order valence-corrected chi connectivity index (χ1v) is 4.70. The van der Waals surface area contributed by atoms with E-state index in [1.807, 2.05) is 0 Å². The Morgan fingerprint density at radius 2 is 1.73 bits per heavy atom. The van der Waals surface area contributed by atoms with Gasteiger partial charge < -0.3 is 5.73 Å². The molecule has 0 amide bonds. The van der Waals surface area contributed by atoms with Crippen molar-refractivity contribution in [1.29, 1.82) is 0 Å². The average Bonchev–Trinajstić information content (AvgIpc) is 1.99. The number of hydrogen-bond donors (Lipinski definition) is 1. The number of hydrogen-bond acceptors (Lipinski definition) is 2. The predicted octanol–water partition coefficient (Wildman–Crippen LogP) is 2.99. The standard InChI is InChI=1S/C8H7Cl2F3N2/c9-6-1-4(2-7(10)15-6)5(3-14)8(11,12)13/h1-2,5H,3,14H2. The van der Waals surface area contributed by atoms with Gasteiger partial charge in [0.2, 0.25) is 0 Å². The summed E-state index contributed by atoms with van der Waals surface area (Å²) >= 11 is 11.0. The molecule has 0 aliphatic heterocycles. The Kier molecular flexibility index (Phi) is 3.81. The molecule has 0 aromatic carbocycles. The van der Waals surface area contributed by atoms with Crippen molar-refractivity contribution in [2.45, 2.75) is 12.1 Å². The van der Waals surface area contributed by atoms with Gasteiger partial charge in [0.25, 0.3) is 0 Å². The van der Waals surface area contributed by atoms with Crippen LogP contribution in [0.25, 0.3) is 0 Å². The minimum Gasteiger partial charge on any atom is -0.330 e. The third-order valence-electron chi connectivity index (χ3n) is 1.82. The molecule has 84 valence electrons. The van der Waals surface area contributed by atoms with E-state index in [2.05, 4.69) is 4.98 Å². The lowest BCUT2D eigenvalue weighted by atomic mass is 10.0. The number of pyridine rings is 1. The molecule has 0 aliphatic carbocycles. The number of nitrogens with two attached hydrogens (primary N) is 1. The topological polar surface area (TPSA) is 38.9 Å². The first-order chi connectivity index (χ1) is 6.84. The normalized spacial score (nSPS) is 14.0. The van der Waals surface area contributed by atoms with Crippen molar-refractivity contribution in [3.8, 4) is 0 Å². The van der Waals surface area contributed by atoms with Crippen LogP contribution in [0.3, 0.4) is 0 Å². The Hall–Kier alpha value is -0.520. The van der Waals surface area contributed by atoms with Crippen LogP contribution < -0.4 is 5.73 Å². The Labute approximate surface area is 94.2 Å². The SMILES string of the molecule is NCC(c1cc(Cl)nc(Cl)c1)C(F)(F)F. The molecule has 0 fully saturated rings. The van der Waals surface area contributed by atoms with Gasteiger partial charge in [0.15, 0.2) is 0 Å². The van der Waals surface area contributed by atoms with E-state index in [-0.39, 0.29) is 15.9 Å². The van der Waals surface area contributed by atoms with Crippen LogP contribution in [-0.2, 0) is 0 Å². The van der Waals surface area contributed by atoms with Gasteiger partial charge in [0.05, 0.1) is 5.92 Å². The summed E-state index contributed by atoms with van der Waals surface area (Å²) in [6.45, 7) is -0.555. The molecular formula is C8H7Cl2F3N2. The molecule has 1 aromatic heterocycles. The number of halogens is 5. The molecule has 1 heterocycles. The molecule has 1 unspecified atom stereocenters. The minimum absolute atomic E-state index is 0.0741. The molecule has 0 aliphatic rings. The summed E-state index contributed by atoms with van der Waals surface area (Å²) in [6.07, 6.45) is -4.41. The summed E-state index contributed by atoms with van der Waals surface area (Å²) < 4.78 is 37.4. The second kappa shape index (κ2) is 4.55. The van der Waals surface area contributed by atoms with Crippen molar-refractivity contribution >= 4 is 23.2 Å². The minimum atomic E-state index is -4.41. The Balaban J connectivity index is 3.13. The number of aromatic nitrogens is 1. The van der Waals surface area contributed by atoms with E-state index in [0.717, 1.165) is 12.1 Å². The van der Waals surface area contributed by atoms with Crippen LogP contribution in [0.4, 0.5) is 13.2 Å². The monoisotopic (exact) mass is 258 g/mol. The van der Waals surface area contributed by atoms with Crippen LogP contribution in [0.1, 0.15) is 11.5 Å². The van der Waals surface area contributed by atoms with E-state index in [1.54, 1.807) is 0 Å². The highest BCUT2D eigenvalue weighted by Crippen LogP contribution is 2.35. The molecule has 1 atom stereocenters. The lowest BCUT2D eigenvalue weighted by Crippen LogP contribution is -2.28. The molecule has 0 radical (unpaired) electrons. The summed E-state index contributed by atoms with van der Waals surface area (Å²) in [5.41, 5.74) is 4.99. The van der Waals surface area contributed by atoms with Crippen LogP contribution in [0.15, 0.2) is 12.1 Å². The first kappa shape index (κ1) is 12.5. The van der Waals surface area contributed by atoms with Gasteiger partial charge in [-0.15, -0.1) is 0 Å². The van der Waals surface area contributed by atoms with Gasteiger partial charge in [0, 0.05) is 6.54 Å². The fourth-order valence-electron chi connectivity index (χ4n) is 1.14. The van der Waals surface area contributed by atoms with Gasteiger partial charge in [-0.2, -0.15) is 13.2 Å². The lowest BCUT2D eigenvalue weighted by Gasteiger charge is -2.18. The maximum absolute atomic E-state index is 12.5. The maximum atomic E-state index is 12.5. The van der Waals surface area contributed by atoms with Crippen molar-refractivity contribution in [3.05, 3.63) is 28.0 Å². The summed E-state index contributed by atoms with van der Waals surface area (Å²) in [4.78, 5) is 3.56. The molecule has 2 N–H and O–H groups in total. The van der Waals surface area contributed by atoms with Gasteiger partial charge in [0.1, 0.15) is 10.3 Å². The highest BCUT2D eigenvalue weighted by atomic mass is 35.5. The van der Waals surface area contributed by atoms with E-state index in [4.69, 9.17) is 28.9 Å². The van der Waals surface area contributed by atoms with Crippen molar-refractivity contribution in [2.24, 2.45) is 5.73 Å². The van der Waals surface area contributed by atoms with Gasteiger partial charge in [-0.3, -0.25) is 0 Å². The Bertz CT molecular complexity index is 334. The third kappa shape index (κ3) is 3.22. The molecule has 0 saturated heterocycles. The summed E-state index contributed by atoms with van der Waals surface area (Å²) in [6, 6.07) is 2.22. The molecule has 1 rings (SSSR count). The van der Waals surface area contributed by atoms with E-state index in [0.29, 0.717) is 0 Å². The van der Waals surface area contributed by atoms with E-state index < -0.39 is 18.6 Å². The molecule has 0 spiro atoms. The second-order valence-corrected chi connectivity index (χ2v) is 3.65. The van der Waals surface area contributed by atoms with Gasteiger partial charge in [-0.05, 0) is 17.7 Å². The highest BCUT2D eigenvalue weighted by molar-refractivity contribution is 6.32. The van der Waals surface area contributed by atoms with E-state index in [1.165, 1.54) is 0 Å². The van der Waals surface area contributed by atoms with Gasteiger partial charge in [-0.1, -0.05) is 23.2 Å². The molecule has 7 heteroatoms. The number of alkyl halides is 3. The van der Waals surface area contributed by atoms with Crippen LogP contribution in [-0.4, -0.2) is 17.7 Å². The Morgan fingerprint density at radius 3 is 2.07 bits per heavy atom. The summed E-state index contributed by atoms with van der Waals surface area (Å²) in [5.74, 6) is -1.77. The third-order valence-corrected chi connectivity index (χ3v) is 2.21. The summed E-state index contributed by atoms with van der Waals surface area (Å²) in [5, 5.41) is -0.166.